The summed E-state index contributed by atoms with van der Waals surface area (Å²) >= 11 is 6.08. The number of halogens is 1. The van der Waals surface area contributed by atoms with E-state index in [9.17, 15) is 0 Å². The van der Waals surface area contributed by atoms with Gasteiger partial charge in [0.2, 0.25) is 0 Å². The Kier molecular flexibility index (Phi) is 5.84. The Morgan fingerprint density at radius 2 is 2.05 bits per heavy atom. The summed E-state index contributed by atoms with van der Waals surface area (Å²) in [5.41, 5.74) is 1.03. The van der Waals surface area contributed by atoms with Gasteiger partial charge in [-0.1, -0.05) is 37.8 Å². The van der Waals surface area contributed by atoms with E-state index in [-0.39, 0.29) is 0 Å². The van der Waals surface area contributed by atoms with E-state index < -0.39 is 0 Å². The lowest BCUT2D eigenvalue weighted by Gasteiger charge is -2.23. The highest BCUT2D eigenvalue weighted by molar-refractivity contribution is 6.30. The van der Waals surface area contributed by atoms with Gasteiger partial charge in [0, 0.05) is 11.6 Å². The van der Waals surface area contributed by atoms with Crippen LogP contribution in [0.25, 0.3) is 0 Å². The van der Waals surface area contributed by atoms with E-state index in [0.717, 1.165) is 41.9 Å². The first kappa shape index (κ1) is 14.5. The molecule has 0 spiro atoms. The number of nitrogens with one attached hydrogen (secondary N) is 1. The number of ether oxygens (including phenoxy) is 1. The predicted octanol–water partition coefficient (Wildman–Crippen LogP) is 5.12. The van der Waals surface area contributed by atoms with Gasteiger partial charge in [-0.05, 0) is 43.4 Å². The summed E-state index contributed by atoms with van der Waals surface area (Å²) in [6, 6.07) is 5.81. The molecule has 2 rings (SSSR count). The number of anilines is 1. The fourth-order valence-electron chi connectivity index (χ4n) is 2.62. The van der Waals surface area contributed by atoms with Gasteiger partial charge in [0.1, 0.15) is 5.75 Å². The van der Waals surface area contributed by atoms with Crippen molar-refractivity contribution in [3.63, 3.8) is 0 Å². The molecule has 19 heavy (non-hydrogen) atoms. The van der Waals surface area contributed by atoms with Crippen LogP contribution in [-0.4, -0.2) is 13.2 Å². The molecule has 1 fully saturated rings. The molecule has 0 saturated heterocycles. The lowest BCUT2D eigenvalue weighted by Crippen LogP contribution is -2.17. The highest BCUT2D eigenvalue weighted by atomic mass is 35.5. The second-order valence-electron chi connectivity index (χ2n) is 5.37. The molecular weight excluding hydrogens is 258 g/mol. The van der Waals surface area contributed by atoms with Crippen molar-refractivity contribution in [1.29, 1.82) is 0 Å². The smallest absolute Gasteiger partial charge is 0.142 e. The van der Waals surface area contributed by atoms with Crippen molar-refractivity contribution < 1.29 is 4.74 Å². The van der Waals surface area contributed by atoms with Crippen LogP contribution in [0.2, 0.25) is 5.02 Å². The molecule has 2 nitrogen and oxygen atoms in total. The van der Waals surface area contributed by atoms with Gasteiger partial charge in [0.25, 0.3) is 0 Å². The zero-order valence-corrected chi connectivity index (χ0v) is 12.5. The third-order valence-corrected chi connectivity index (χ3v) is 3.94. The molecule has 0 aromatic heterocycles. The van der Waals surface area contributed by atoms with E-state index >= 15 is 0 Å². The van der Waals surface area contributed by atoms with Crippen LogP contribution in [-0.2, 0) is 0 Å². The Labute approximate surface area is 121 Å². The Morgan fingerprint density at radius 1 is 1.26 bits per heavy atom. The van der Waals surface area contributed by atoms with E-state index in [4.69, 9.17) is 16.3 Å². The fourth-order valence-corrected chi connectivity index (χ4v) is 2.80. The molecule has 106 valence electrons. The van der Waals surface area contributed by atoms with Gasteiger partial charge < -0.3 is 10.1 Å². The van der Waals surface area contributed by atoms with Gasteiger partial charge in [-0.3, -0.25) is 0 Å². The Balaban J connectivity index is 1.94. The second-order valence-corrected chi connectivity index (χ2v) is 5.81. The molecule has 0 radical (unpaired) electrons. The minimum atomic E-state index is 0.750. The summed E-state index contributed by atoms with van der Waals surface area (Å²) in [7, 11) is 0. The Bertz CT molecular complexity index is 388. The van der Waals surface area contributed by atoms with Crippen molar-refractivity contribution in [3.8, 4) is 5.75 Å². The third-order valence-electron chi connectivity index (χ3n) is 3.71. The average molecular weight is 282 g/mol. The molecule has 1 aliphatic rings. The maximum atomic E-state index is 6.08. The van der Waals surface area contributed by atoms with E-state index in [1.54, 1.807) is 0 Å². The molecule has 1 saturated carbocycles. The number of hydrogen-bond acceptors (Lipinski definition) is 2. The Morgan fingerprint density at radius 3 is 2.79 bits per heavy atom. The van der Waals surface area contributed by atoms with Crippen LogP contribution in [0.5, 0.6) is 5.75 Å². The van der Waals surface area contributed by atoms with Crippen molar-refractivity contribution in [2.45, 2.75) is 45.4 Å². The minimum Gasteiger partial charge on any atom is -0.491 e. The fraction of sp³-hybridized carbons (Fsp3) is 0.625. The van der Waals surface area contributed by atoms with Crippen LogP contribution in [0.4, 0.5) is 5.69 Å². The standard InChI is InChI=1S/C16H24ClNO/c1-2-10-19-16-9-8-14(17)11-15(16)18-12-13-6-4-3-5-7-13/h8-9,11,13,18H,2-7,10,12H2,1H3. The van der Waals surface area contributed by atoms with E-state index in [0.29, 0.717) is 0 Å². The first-order valence-electron chi connectivity index (χ1n) is 7.46. The van der Waals surface area contributed by atoms with E-state index in [1.165, 1.54) is 32.1 Å². The first-order chi connectivity index (χ1) is 9.29. The summed E-state index contributed by atoms with van der Waals surface area (Å²) in [6.07, 6.45) is 7.86. The lowest BCUT2D eigenvalue weighted by molar-refractivity contribution is 0.318. The first-order valence-corrected chi connectivity index (χ1v) is 7.83. The van der Waals surface area contributed by atoms with Crippen molar-refractivity contribution in [1.82, 2.24) is 0 Å². The normalized spacial score (nSPS) is 16.3. The van der Waals surface area contributed by atoms with Crippen LogP contribution >= 0.6 is 11.6 Å². The second kappa shape index (κ2) is 7.64. The summed E-state index contributed by atoms with van der Waals surface area (Å²) in [6.45, 7) is 3.90. The van der Waals surface area contributed by atoms with Crippen LogP contribution in [0.15, 0.2) is 18.2 Å². The molecule has 0 amide bonds. The summed E-state index contributed by atoms with van der Waals surface area (Å²) in [5.74, 6) is 1.72. The van der Waals surface area contributed by atoms with Crippen LogP contribution in [0, 0.1) is 5.92 Å². The molecule has 0 heterocycles. The molecule has 0 unspecified atom stereocenters. The minimum absolute atomic E-state index is 0.750. The van der Waals surface area contributed by atoms with Gasteiger partial charge in [-0.2, -0.15) is 0 Å². The topological polar surface area (TPSA) is 21.3 Å². The quantitative estimate of drug-likeness (QED) is 0.781. The van der Waals surface area contributed by atoms with Crippen LogP contribution in [0.3, 0.4) is 0 Å². The third kappa shape index (κ3) is 4.61. The summed E-state index contributed by atoms with van der Waals surface area (Å²) < 4.78 is 5.76. The van der Waals surface area contributed by atoms with Crippen molar-refractivity contribution in [2.75, 3.05) is 18.5 Å². The molecular formula is C16H24ClNO. The number of rotatable bonds is 6. The van der Waals surface area contributed by atoms with Crippen molar-refractivity contribution >= 4 is 17.3 Å². The lowest BCUT2D eigenvalue weighted by atomic mass is 9.89. The molecule has 0 bridgehead atoms. The van der Waals surface area contributed by atoms with Crippen molar-refractivity contribution in [3.05, 3.63) is 23.2 Å². The predicted molar refractivity (Wildman–Crippen MR) is 82.3 cm³/mol. The highest BCUT2D eigenvalue weighted by Crippen LogP contribution is 2.30. The summed E-state index contributed by atoms with van der Waals surface area (Å²) in [4.78, 5) is 0. The maximum Gasteiger partial charge on any atom is 0.142 e. The Hall–Kier alpha value is -0.890. The van der Waals surface area contributed by atoms with Crippen LogP contribution < -0.4 is 10.1 Å². The molecule has 0 atom stereocenters. The zero-order chi connectivity index (χ0) is 13.5. The molecule has 1 aliphatic carbocycles. The van der Waals surface area contributed by atoms with Gasteiger partial charge in [0.15, 0.2) is 0 Å². The van der Waals surface area contributed by atoms with Gasteiger partial charge in [-0.15, -0.1) is 0 Å². The maximum absolute atomic E-state index is 6.08. The average Bonchev–Trinajstić information content (AvgIpc) is 2.45. The van der Waals surface area contributed by atoms with Gasteiger partial charge in [-0.25, -0.2) is 0 Å². The number of benzene rings is 1. The molecule has 1 N–H and O–H groups in total. The number of hydrogen-bond donors (Lipinski definition) is 1. The molecule has 0 aliphatic heterocycles. The highest BCUT2D eigenvalue weighted by Gasteiger charge is 2.14. The monoisotopic (exact) mass is 281 g/mol. The van der Waals surface area contributed by atoms with Gasteiger partial charge >= 0.3 is 0 Å². The summed E-state index contributed by atoms with van der Waals surface area (Å²) in [5, 5.41) is 4.28. The van der Waals surface area contributed by atoms with E-state index in [2.05, 4.69) is 12.2 Å². The van der Waals surface area contributed by atoms with Crippen LogP contribution in [0.1, 0.15) is 45.4 Å². The van der Waals surface area contributed by atoms with E-state index in [1.807, 2.05) is 18.2 Å². The largest absolute Gasteiger partial charge is 0.491 e. The molecule has 3 heteroatoms. The molecule has 1 aromatic rings. The van der Waals surface area contributed by atoms with Crippen molar-refractivity contribution in [2.24, 2.45) is 5.92 Å². The SMILES string of the molecule is CCCOc1ccc(Cl)cc1NCC1CCCCC1. The van der Waals surface area contributed by atoms with Gasteiger partial charge in [0.05, 0.1) is 12.3 Å². The zero-order valence-electron chi connectivity index (χ0n) is 11.8. The molecule has 1 aromatic carbocycles.